The Labute approximate surface area is 102 Å². The van der Waals surface area contributed by atoms with E-state index in [1.807, 2.05) is 0 Å². The number of hydrogen-bond acceptors (Lipinski definition) is 2. The minimum Gasteiger partial charge on any atom is -0.481 e. The molecule has 0 amide bonds. The minimum absolute atomic E-state index is 0.00891. The maximum Gasteiger partial charge on any atom is 0.303 e. The van der Waals surface area contributed by atoms with E-state index in [9.17, 15) is 9.90 Å². The van der Waals surface area contributed by atoms with Crippen molar-refractivity contribution in [2.24, 2.45) is 17.8 Å². The molecule has 0 aliphatic heterocycles. The van der Waals surface area contributed by atoms with E-state index in [1.54, 1.807) is 0 Å². The summed E-state index contributed by atoms with van der Waals surface area (Å²) in [5.74, 6) is 2.86. The fourth-order valence-corrected chi connectivity index (χ4v) is 3.12. The number of aliphatic hydroxyl groups is 1. The van der Waals surface area contributed by atoms with Crippen LogP contribution < -0.4 is 0 Å². The third kappa shape index (κ3) is 2.37. The molecular formula is C14H18O3. The molecule has 4 unspecified atom stereocenters. The molecule has 0 radical (unpaired) electrons. The van der Waals surface area contributed by atoms with Crippen molar-refractivity contribution in [2.75, 3.05) is 0 Å². The van der Waals surface area contributed by atoms with Gasteiger partial charge in [-0.3, -0.25) is 4.79 Å². The molecule has 2 aliphatic carbocycles. The van der Waals surface area contributed by atoms with E-state index in [0.717, 1.165) is 19.3 Å². The van der Waals surface area contributed by atoms with E-state index in [0.29, 0.717) is 18.3 Å². The number of hydrogen-bond donors (Lipinski definition) is 2. The molecule has 3 nitrogen and oxygen atoms in total. The highest BCUT2D eigenvalue weighted by molar-refractivity contribution is 5.66. The Morgan fingerprint density at radius 3 is 2.94 bits per heavy atom. The average Bonchev–Trinajstić information content (AvgIpc) is 2.25. The lowest BCUT2D eigenvalue weighted by molar-refractivity contribution is -0.136. The molecule has 17 heavy (non-hydrogen) atoms. The SMILES string of the molecule is C#CC1C(O)CCC2/C(=C/CCC(=O)O)CC21. The fraction of sp³-hybridized carbons (Fsp3) is 0.643. The fourth-order valence-electron chi connectivity index (χ4n) is 3.12. The minimum atomic E-state index is -0.752. The van der Waals surface area contributed by atoms with Crippen LogP contribution in [0, 0.1) is 30.1 Å². The Balaban J connectivity index is 1.92. The molecule has 2 aliphatic rings. The molecule has 2 saturated carbocycles. The number of aliphatic hydroxyl groups excluding tert-OH is 1. The van der Waals surface area contributed by atoms with Crippen LogP contribution in [0.4, 0.5) is 0 Å². The van der Waals surface area contributed by atoms with Crippen LogP contribution >= 0.6 is 0 Å². The lowest BCUT2D eigenvalue weighted by atomic mass is 9.57. The standard InChI is InChI=1S/C14H18O3/c1-2-10-12-8-9(4-3-5-14(16)17)11(12)6-7-13(10)15/h1,4,10-13,15H,3,5-8H2,(H,16,17)/b9-4+. The maximum atomic E-state index is 10.4. The zero-order chi connectivity index (χ0) is 12.4. The van der Waals surface area contributed by atoms with Crippen LogP contribution in [0.1, 0.15) is 32.1 Å². The lowest BCUT2D eigenvalue weighted by Gasteiger charge is -2.48. The van der Waals surface area contributed by atoms with Crippen LogP contribution in [0.2, 0.25) is 0 Å². The van der Waals surface area contributed by atoms with E-state index in [4.69, 9.17) is 11.5 Å². The molecular weight excluding hydrogens is 216 g/mol. The van der Waals surface area contributed by atoms with Gasteiger partial charge in [0.2, 0.25) is 0 Å². The second-order valence-corrected chi connectivity index (χ2v) is 5.02. The normalized spacial score (nSPS) is 38.0. The second-order valence-electron chi connectivity index (χ2n) is 5.02. The first-order valence-electron chi connectivity index (χ1n) is 6.18. The summed E-state index contributed by atoms with van der Waals surface area (Å²) in [6, 6.07) is 0. The highest BCUT2D eigenvalue weighted by atomic mass is 16.4. The molecule has 4 atom stereocenters. The highest BCUT2D eigenvalue weighted by Crippen LogP contribution is 2.51. The number of allylic oxidation sites excluding steroid dienone is 2. The summed E-state index contributed by atoms with van der Waals surface area (Å²) < 4.78 is 0. The van der Waals surface area contributed by atoms with Gasteiger partial charge >= 0.3 is 5.97 Å². The Kier molecular flexibility index (Phi) is 3.54. The van der Waals surface area contributed by atoms with Gasteiger partial charge in [0.05, 0.1) is 6.10 Å². The maximum absolute atomic E-state index is 10.4. The molecule has 0 aromatic heterocycles. The first-order valence-corrected chi connectivity index (χ1v) is 6.18. The van der Waals surface area contributed by atoms with Gasteiger partial charge in [0.1, 0.15) is 0 Å². The van der Waals surface area contributed by atoms with Gasteiger partial charge in [0.25, 0.3) is 0 Å². The van der Waals surface area contributed by atoms with Crippen molar-refractivity contribution in [3.63, 3.8) is 0 Å². The van der Waals surface area contributed by atoms with Gasteiger partial charge in [-0.1, -0.05) is 11.6 Å². The van der Waals surface area contributed by atoms with Gasteiger partial charge < -0.3 is 10.2 Å². The zero-order valence-corrected chi connectivity index (χ0v) is 9.80. The molecule has 0 bridgehead atoms. The van der Waals surface area contributed by atoms with Crippen molar-refractivity contribution in [2.45, 2.75) is 38.2 Å². The van der Waals surface area contributed by atoms with Crippen molar-refractivity contribution in [3.05, 3.63) is 11.6 Å². The van der Waals surface area contributed by atoms with Crippen molar-refractivity contribution >= 4 is 5.97 Å². The molecule has 2 N–H and O–H groups in total. The van der Waals surface area contributed by atoms with Crippen molar-refractivity contribution in [1.29, 1.82) is 0 Å². The van der Waals surface area contributed by atoms with Gasteiger partial charge in [-0.15, -0.1) is 12.3 Å². The molecule has 3 heteroatoms. The number of carbonyl (C=O) groups is 1. The zero-order valence-electron chi connectivity index (χ0n) is 9.80. The predicted octanol–water partition coefficient (Wildman–Crippen LogP) is 1.82. The van der Waals surface area contributed by atoms with E-state index >= 15 is 0 Å². The van der Waals surface area contributed by atoms with Crippen LogP contribution in [-0.4, -0.2) is 22.3 Å². The molecule has 0 heterocycles. The molecule has 2 fully saturated rings. The molecule has 92 valence electrons. The number of carboxylic acid groups (broad SMARTS) is 1. The Hall–Kier alpha value is -1.27. The van der Waals surface area contributed by atoms with Gasteiger partial charge in [-0.05, 0) is 37.5 Å². The summed E-state index contributed by atoms with van der Waals surface area (Å²) in [4.78, 5) is 10.4. The van der Waals surface area contributed by atoms with Gasteiger partial charge in [0, 0.05) is 12.3 Å². The van der Waals surface area contributed by atoms with Crippen molar-refractivity contribution in [1.82, 2.24) is 0 Å². The number of terminal acetylenes is 1. The predicted molar refractivity (Wildman–Crippen MR) is 64.1 cm³/mol. The molecule has 0 saturated heterocycles. The topological polar surface area (TPSA) is 57.5 Å². The molecule has 0 spiro atoms. The third-order valence-corrected chi connectivity index (χ3v) is 4.07. The summed E-state index contributed by atoms with van der Waals surface area (Å²) in [6.07, 6.45) is 10.7. The summed E-state index contributed by atoms with van der Waals surface area (Å²) in [5, 5.41) is 18.4. The second kappa shape index (κ2) is 4.93. The van der Waals surface area contributed by atoms with E-state index < -0.39 is 5.97 Å². The van der Waals surface area contributed by atoms with Crippen molar-refractivity contribution < 1.29 is 15.0 Å². The monoisotopic (exact) mass is 234 g/mol. The summed E-state index contributed by atoms with van der Waals surface area (Å²) in [6.45, 7) is 0. The lowest BCUT2D eigenvalue weighted by Crippen LogP contribution is -2.44. The van der Waals surface area contributed by atoms with Crippen LogP contribution in [0.15, 0.2) is 11.6 Å². The highest BCUT2D eigenvalue weighted by Gasteiger charge is 2.45. The summed E-state index contributed by atoms with van der Waals surface area (Å²) in [7, 11) is 0. The van der Waals surface area contributed by atoms with Crippen LogP contribution in [0.3, 0.4) is 0 Å². The first kappa shape index (κ1) is 12.2. The average molecular weight is 234 g/mol. The Morgan fingerprint density at radius 1 is 1.53 bits per heavy atom. The molecule has 2 rings (SSSR count). The molecule has 0 aromatic carbocycles. The summed E-state index contributed by atoms with van der Waals surface area (Å²) in [5.41, 5.74) is 1.35. The van der Waals surface area contributed by atoms with Gasteiger partial charge in [0.15, 0.2) is 0 Å². The van der Waals surface area contributed by atoms with E-state index in [2.05, 4.69) is 12.0 Å². The number of carboxylic acids is 1. The quantitative estimate of drug-likeness (QED) is 0.578. The van der Waals surface area contributed by atoms with Gasteiger partial charge in [-0.25, -0.2) is 0 Å². The van der Waals surface area contributed by atoms with E-state index in [-0.39, 0.29) is 18.4 Å². The van der Waals surface area contributed by atoms with Crippen LogP contribution in [0.5, 0.6) is 0 Å². The van der Waals surface area contributed by atoms with Crippen LogP contribution in [0.25, 0.3) is 0 Å². The smallest absolute Gasteiger partial charge is 0.303 e. The Bertz CT molecular complexity index is 377. The van der Waals surface area contributed by atoms with Crippen LogP contribution in [-0.2, 0) is 4.79 Å². The molecule has 0 aromatic rings. The Morgan fingerprint density at radius 2 is 2.29 bits per heavy atom. The number of rotatable bonds is 3. The third-order valence-electron chi connectivity index (χ3n) is 4.07. The summed E-state index contributed by atoms with van der Waals surface area (Å²) >= 11 is 0. The van der Waals surface area contributed by atoms with Gasteiger partial charge in [-0.2, -0.15) is 0 Å². The number of fused-ring (bicyclic) bond motifs is 1. The first-order chi connectivity index (χ1) is 8.13. The van der Waals surface area contributed by atoms with Crippen molar-refractivity contribution in [3.8, 4) is 12.3 Å². The number of aliphatic carboxylic acids is 1. The largest absolute Gasteiger partial charge is 0.481 e. The van der Waals surface area contributed by atoms with E-state index in [1.165, 1.54) is 5.57 Å².